The Balaban J connectivity index is 1.35. The van der Waals surface area contributed by atoms with Gasteiger partial charge in [0.05, 0.1) is 25.0 Å². The van der Waals surface area contributed by atoms with E-state index in [1.54, 1.807) is 4.90 Å². The van der Waals surface area contributed by atoms with Gasteiger partial charge in [-0.1, -0.05) is 42.8 Å². The Morgan fingerprint density at radius 1 is 1.24 bits per heavy atom. The van der Waals surface area contributed by atoms with Crippen LogP contribution in [0.15, 0.2) is 29.4 Å². The molecular formula is C20H28N6O2S. The molecule has 1 amide bonds. The zero-order chi connectivity index (χ0) is 20.1. The van der Waals surface area contributed by atoms with Gasteiger partial charge < -0.3 is 14.5 Å². The maximum atomic E-state index is 12.8. The predicted molar refractivity (Wildman–Crippen MR) is 112 cm³/mol. The minimum atomic E-state index is 0.0766. The van der Waals surface area contributed by atoms with Gasteiger partial charge in [-0.25, -0.2) is 4.68 Å². The number of nitrogens with zero attached hydrogens (tertiary/aromatic N) is 6. The lowest BCUT2D eigenvalue weighted by Crippen LogP contribution is -2.37. The van der Waals surface area contributed by atoms with E-state index in [9.17, 15) is 4.79 Å². The van der Waals surface area contributed by atoms with Crippen LogP contribution >= 0.6 is 11.8 Å². The molecule has 2 fully saturated rings. The molecule has 1 aromatic carbocycles. The summed E-state index contributed by atoms with van der Waals surface area (Å²) in [5.41, 5.74) is 2.35. The van der Waals surface area contributed by atoms with E-state index in [0.29, 0.717) is 18.3 Å². The molecule has 1 saturated carbocycles. The van der Waals surface area contributed by atoms with Crippen molar-refractivity contribution in [2.75, 3.05) is 44.0 Å². The third-order valence-electron chi connectivity index (χ3n) is 5.63. The topological polar surface area (TPSA) is 76.4 Å². The van der Waals surface area contributed by atoms with Crippen molar-refractivity contribution in [2.24, 2.45) is 0 Å². The second-order valence-corrected chi connectivity index (χ2v) is 8.55. The molecule has 29 heavy (non-hydrogen) atoms. The van der Waals surface area contributed by atoms with E-state index in [0.717, 1.165) is 49.9 Å². The van der Waals surface area contributed by atoms with E-state index < -0.39 is 0 Å². The zero-order valence-electron chi connectivity index (χ0n) is 16.9. The largest absolute Gasteiger partial charge is 0.378 e. The van der Waals surface area contributed by atoms with Gasteiger partial charge in [-0.3, -0.25) is 4.79 Å². The van der Waals surface area contributed by atoms with Crippen LogP contribution in [0.2, 0.25) is 0 Å². The highest BCUT2D eigenvalue weighted by Gasteiger charge is 2.23. The molecule has 4 rings (SSSR count). The number of carbonyl (C=O) groups is 1. The lowest BCUT2D eigenvalue weighted by molar-refractivity contribution is -0.127. The predicted octanol–water partition coefficient (Wildman–Crippen LogP) is 2.38. The van der Waals surface area contributed by atoms with Crippen LogP contribution in [-0.2, 0) is 16.1 Å². The summed E-state index contributed by atoms with van der Waals surface area (Å²) in [5.74, 6) is 0.413. The van der Waals surface area contributed by atoms with Crippen molar-refractivity contribution in [3.63, 3.8) is 0 Å². The minimum Gasteiger partial charge on any atom is -0.378 e. The number of para-hydroxylation sites is 1. The van der Waals surface area contributed by atoms with Gasteiger partial charge >= 0.3 is 0 Å². The van der Waals surface area contributed by atoms with Crippen LogP contribution in [-0.4, -0.2) is 70.1 Å². The second-order valence-electron chi connectivity index (χ2n) is 7.61. The Morgan fingerprint density at radius 2 is 2.00 bits per heavy atom. The highest BCUT2D eigenvalue weighted by atomic mass is 32.2. The van der Waals surface area contributed by atoms with E-state index in [-0.39, 0.29) is 5.91 Å². The average Bonchev–Trinajstić information content (AvgIpc) is 3.44. The first-order valence-electron chi connectivity index (χ1n) is 10.3. The van der Waals surface area contributed by atoms with E-state index in [2.05, 4.69) is 38.6 Å². The number of thioether (sulfide) groups is 1. The van der Waals surface area contributed by atoms with Gasteiger partial charge in [0.2, 0.25) is 11.1 Å². The molecule has 0 unspecified atom stereocenters. The van der Waals surface area contributed by atoms with Crippen LogP contribution in [0.5, 0.6) is 0 Å². The smallest absolute Gasteiger partial charge is 0.233 e. The third kappa shape index (κ3) is 4.90. The number of carbonyl (C=O) groups excluding carboxylic acids is 1. The molecule has 0 bridgehead atoms. The maximum absolute atomic E-state index is 12.8. The Labute approximate surface area is 175 Å². The highest BCUT2D eigenvalue weighted by Crippen LogP contribution is 2.31. The Hall–Kier alpha value is -2.13. The van der Waals surface area contributed by atoms with E-state index in [4.69, 9.17) is 4.74 Å². The SMILES string of the molecule is CN(Cc1ccccc1N1CCOCC1)C(=O)CSc1nnnn1C1CCCC1. The molecule has 2 aliphatic rings. The van der Waals surface area contributed by atoms with Gasteiger partial charge in [0.1, 0.15) is 0 Å². The molecule has 9 heteroatoms. The normalized spacial score (nSPS) is 17.6. The summed E-state index contributed by atoms with van der Waals surface area (Å²) in [7, 11) is 1.86. The van der Waals surface area contributed by atoms with Gasteiger partial charge in [-0.15, -0.1) is 5.10 Å². The van der Waals surface area contributed by atoms with Crippen molar-refractivity contribution < 1.29 is 9.53 Å². The molecule has 1 saturated heterocycles. The Morgan fingerprint density at radius 3 is 2.79 bits per heavy atom. The number of tetrazole rings is 1. The molecule has 0 atom stereocenters. The lowest BCUT2D eigenvalue weighted by Gasteiger charge is -2.31. The number of aromatic nitrogens is 4. The summed E-state index contributed by atoms with van der Waals surface area (Å²) in [4.78, 5) is 16.9. The molecule has 2 heterocycles. The Kier molecular flexibility index (Phi) is 6.66. The van der Waals surface area contributed by atoms with Crippen LogP contribution in [0.3, 0.4) is 0 Å². The second kappa shape index (κ2) is 9.58. The average molecular weight is 417 g/mol. The van der Waals surface area contributed by atoms with E-state index in [1.807, 2.05) is 17.8 Å². The molecule has 1 aliphatic heterocycles. The van der Waals surface area contributed by atoms with Gasteiger partial charge in [-0.05, 0) is 34.9 Å². The van der Waals surface area contributed by atoms with Crippen molar-refractivity contribution in [2.45, 2.75) is 43.4 Å². The van der Waals surface area contributed by atoms with Crippen molar-refractivity contribution in [3.8, 4) is 0 Å². The first-order valence-corrected chi connectivity index (χ1v) is 11.3. The molecule has 156 valence electrons. The summed E-state index contributed by atoms with van der Waals surface area (Å²) in [6, 6.07) is 8.68. The molecule has 2 aromatic rings. The monoisotopic (exact) mass is 416 g/mol. The molecule has 1 aliphatic carbocycles. The number of rotatable bonds is 7. The fourth-order valence-corrected chi connectivity index (χ4v) is 4.88. The molecule has 8 nitrogen and oxygen atoms in total. The summed E-state index contributed by atoms with van der Waals surface area (Å²) < 4.78 is 7.37. The quantitative estimate of drug-likeness (QED) is 0.642. The first kappa shape index (κ1) is 20.2. The van der Waals surface area contributed by atoms with E-state index in [1.165, 1.54) is 30.3 Å². The van der Waals surface area contributed by atoms with Gasteiger partial charge in [0.25, 0.3) is 0 Å². The van der Waals surface area contributed by atoms with Gasteiger partial charge in [0, 0.05) is 32.4 Å². The first-order chi connectivity index (χ1) is 14.2. The summed E-state index contributed by atoms with van der Waals surface area (Å²) in [6.45, 7) is 3.84. The number of hydrogen-bond donors (Lipinski definition) is 0. The highest BCUT2D eigenvalue weighted by molar-refractivity contribution is 7.99. The lowest BCUT2D eigenvalue weighted by atomic mass is 10.1. The van der Waals surface area contributed by atoms with Gasteiger partial charge in [0.15, 0.2) is 0 Å². The maximum Gasteiger partial charge on any atom is 0.233 e. The van der Waals surface area contributed by atoms with Gasteiger partial charge in [-0.2, -0.15) is 0 Å². The minimum absolute atomic E-state index is 0.0766. The van der Waals surface area contributed by atoms with Crippen LogP contribution < -0.4 is 4.90 Å². The fraction of sp³-hybridized carbons (Fsp3) is 0.600. The summed E-state index contributed by atoms with van der Waals surface area (Å²) in [6.07, 6.45) is 4.67. The third-order valence-corrected chi connectivity index (χ3v) is 6.55. The van der Waals surface area contributed by atoms with E-state index >= 15 is 0 Å². The number of benzene rings is 1. The van der Waals surface area contributed by atoms with Crippen LogP contribution in [0, 0.1) is 0 Å². The summed E-state index contributed by atoms with van der Waals surface area (Å²) >= 11 is 1.43. The Bertz CT molecular complexity index is 817. The van der Waals surface area contributed by atoms with Crippen molar-refractivity contribution in [1.82, 2.24) is 25.1 Å². The standard InChI is InChI=1S/C20H28N6O2S/c1-24(14-16-6-2-5-9-18(16)25-10-12-28-13-11-25)19(27)15-29-20-21-22-23-26(20)17-7-3-4-8-17/h2,5-6,9,17H,3-4,7-8,10-15H2,1H3. The number of ether oxygens (including phenoxy) is 1. The molecular weight excluding hydrogens is 388 g/mol. The molecule has 0 spiro atoms. The number of anilines is 1. The van der Waals surface area contributed by atoms with Crippen LogP contribution in [0.25, 0.3) is 0 Å². The number of morpholine rings is 1. The molecule has 0 radical (unpaired) electrons. The number of amides is 1. The van der Waals surface area contributed by atoms with Crippen LogP contribution in [0.1, 0.15) is 37.3 Å². The zero-order valence-corrected chi connectivity index (χ0v) is 17.7. The number of hydrogen-bond acceptors (Lipinski definition) is 7. The fourth-order valence-electron chi connectivity index (χ4n) is 4.00. The molecule has 0 N–H and O–H groups in total. The summed E-state index contributed by atoms with van der Waals surface area (Å²) in [5, 5.41) is 12.8. The van der Waals surface area contributed by atoms with Crippen molar-refractivity contribution in [1.29, 1.82) is 0 Å². The van der Waals surface area contributed by atoms with Crippen molar-refractivity contribution in [3.05, 3.63) is 29.8 Å². The van der Waals surface area contributed by atoms with Crippen LogP contribution in [0.4, 0.5) is 5.69 Å². The van der Waals surface area contributed by atoms with Crippen molar-refractivity contribution >= 4 is 23.4 Å². The molecule has 1 aromatic heterocycles.